The number of aryl methyl sites for hydroxylation is 1. The van der Waals surface area contributed by atoms with Crippen molar-refractivity contribution in [2.24, 2.45) is 0 Å². The highest BCUT2D eigenvalue weighted by atomic mass is 35.5. The van der Waals surface area contributed by atoms with Crippen LogP contribution in [0.2, 0.25) is 10.0 Å². The molecule has 1 unspecified atom stereocenters. The highest BCUT2D eigenvalue weighted by Crippen LogP contribution is 2.32. The molecule has 0 aliphatic rings. The Labute approximate surface area is 131 Å². The van der Waals surface area contributed by atoms with Crippen molar-refractivity contribution in [2.45, 2.75) is 18.7 Å². The van der Waals surface area contributed by atoms with Crippen molar-refractivity contribution < 1.29 is 8.78 Å². The fourth-order valence-electron chi connectivity index (χ4n) is 1.94. The van der Waals surface area contributed by atoms with Crippen LogP contribution in [0.25, 0.3) is 0 Å². The Balaban J connectivity index is 2.30. The molecule has 0 amide bonds. The van der Waals surface area contributed by atoms with Gasteiger partial charge in [-0.1, -0.05) is 35.3 Å². The first-order valence-electron chi connectivity index (χ1n) is 5.92. The van der Waals surface area contributed by atoms with Crippen LogP contribution in [0, 0.1) is 18.6 Å². The molecule has 0 saturated heterocycles. The minimum atomic E-state index is -0.813. The molecule has 0 N–H and O–H groups in total. The first-order valence-corrected chi connectivity index (χ1v) is 7.12. The molecule has 106 valence electrons. The second-order valence-corrected chi connectivity index (χ2v) is 5.85. The van der Waals surface area contributed by atoms with E-state index in [0.717, 1.165) is 5.56 Å². The van der Waals surface area contributed by atoms with Crippen LogP contribution in [-0.2, 0) is 6.42 Å². The topological polar surface area (TPSA) is 0 Å². The average molecular weight is 336 g/mol. The molecule has 0 fully saturated rings. The van der Waals surface area contributed by atoms with Crippen LogP contribution in [0.1, 0.15) is 22.1 Å². The van der Waals surface area contributed by atoms with E-state index < -0.39 is 17.0 Å². The third-order valence-electron chi connectivity index (χ3n) is 3.03. The van der Waals surface area contributed by atoms with Crippen molar-refractivity contribution in [3.8, 4) is 0 Å². The molecule has 0 heterocycles. The number of benzene rings is 2. The van der Waals surface area contributed by atoms with Crippen molar-refractivity contribution in [1.82, 2.24) is 0 Å². The summed E-state index contributed by atoms with van der Waals surface area (Å²) < 4.78 is 27.7. The molecule has 0 aromatic heterocycles. The molecule has 0 radical (unpaired) electrons. The maximum atomic E-state index is 14.0. The Morgan fingerprint density at radius 3 is 2.40 bits per heavy atom. The third kappa shape index (κ3) is 3.25. The van der Waals surface area contributed by atoms with Gasteiger partial charge in [0.05, 0.1) is 15.4 Å². The summed E-state index contributed by atoms with van der Waals surface area (Å²) in [7, 11) is 0. The Morgan fingerprint density at radius 2 is 1.75 bits per heavy atom. The van der Waals surface area contributed by atoms with Crippen LogP contribution in [0.5, 0.6) is 0 Å². The predicted octanol–water partition coefficient (Wildman–Crippen LogP) is 6.10. The van der Waals surface area contributed by atoms with Gasteiger partial charge in [-0.05, 0) is 42.7 Å². The van der Waals surface area contributed by atoms with Gasteiger partial charge in [0.15, 0.2) is 0 Å². The van der Waals surface area contributed by atoms with Gasteiger partial charge in [-0.25, -0.2) is 8.78 Å². The number of halogens is 5. The summed E-state index contributed by atoms with van der Waals surface area (Å²) in [6.07, 6.45) is 0.260. The molecule has 2 rings (SSSR count). The Bertz CT molecular complexity index is 641. The molecule has 0 aliphatic heterocycles. The lowest BCUT2D eigenvalue weighted by Crippen LogP contribution is -2.04. The normalized spacial score (nSPS) is 12.5. The molecule has 2 aromatic carbocycles. The van der Waals surface area contributed by atoms with Gasteiger partial charge in [-0.15, -0.1) is 11.6 Å². The van der Waals surface area contributed by atoms with Crippen molar-refractivity contribution in [2.75, 3.05) is 0 Å². The van der Waals surface area contributed by atoms with Crippen LogP contribution in [0.3, 0.4) is 0 Å². The maximum absolute atomic E-state index is 14.0. The summed E-state index contributed by atoms with van der Waals surface area (Å²) in [5, 5.41) is -0.000169. The van der Waals surface area contributed by atoms with Gasteiger partial charge >= 0.3 is 0 Å². The summed E-state index contributed by atoms with van der Waals surface area (Å²) in [6.45, 7) is 1.57. The molecule has 5 heteroatoms. The fraction of sp³-hybridized carbons (Fsp3) is 0.200. The second-order valence-electron chi connectivity index (χ2n) is 4.51. The number of alkyl halides is 1. The van der Waals surface area contributed by atoms with Crippen molar-refractivity contribution in [1.29, 1.82) is 0 Å². The van der Waals surface area contributed by atoms with Crippen LogP contribution < -0.4 is 0 Å². The molecule has 20 heavy (non-hydrogen) atoms. The lowest BCUT2D eigenvalue weighted by molar-refractivity contribution is 0.545. The van der Waals surface area contributed by atoms with E-state index in [9.17, 15) is 8.78 Å². The summed E-state index contributed by atoms with van der Waals surface area (Å²) in [4.78, 5) is 0. The van der Waals surface area contributed by atoms with Crippen LogP contribution >= 0.6 is 34.8 Å². The molecule has 2 aromatic rings. The minimum Gasteiger partial charge on any atom is -0.207 e. The van der Waals surface area contributed by atoms with E-state index >= 15 is 0 Å². The first-order chi connectivity index (χ1) is 9.40. The van der Waals surface area contributed by atoms with Gasteiger partial charge in [-0.3, -0.25) is 0 Å². The van der Waals surface area contributed by atoms with Crippen LogP contribution in [0.15, 0.2) is 30.3 Å². The zero-order valence-corrected chi connectivity index (χ0v) is 12.8. The van der Waals surface area contributed by atoms with E-state index in [0.29, 0.717) is 15.6 Å². The summed E-state index contributed by atoms with van der Waals surface area (Å²) in [5.41, 5.74) is 1.01. The number of rotatable bonds is 3. The standard InChI is InChI=1S/C15H11Cl3F2/c1-8-2-5-13(19)14(15(8)20)12(18)7-9-3-4-10(16)11(17)6-9/h2-6,12H,7H2,1H3. The lowest BCUT2D eigenvalue weighted by atomic mass is 10.0. The number of hydrogen-bond donors (Lipinski definition) is 0. The van der Waals surface area contributed by atoms with E-state index in [4.69, 9.17) is 34.8 Å². The summed E-state index contributed by atoms with van der Waals surface area (Å²) >= 11 is 17.9. The molecule has 0 spiro atoms. The van der Waals surface area contributed by atoms with E-state index in [1.54, 1.807) is 25.1 Å². The highest BCUT2D eigenvalue weighted by molar-refractivity contribution is 6.42. The monoisotopic (exact) mass is 334 g/mol. The van der Waals surface area contributed by atoms with E-state index in [1.165, 1.54) is 12.1 Å². The molecule has 0 saturated carbocycles. The Hall–Kier alpha value is -0.830. The van der Waals surface area contributed by atoms with Gasteiger partial charge in [0.25, 0.3) is 0 Å². The molecule has 0 aliphatic carbocycles. The highest BCUT2D eigenvalue weighted by Gasteiger charge is 2.20. The van der Waals surface area contributed by atoms with E-state index in [2.05, 4.69) is 0 Å². The third-order valence-corrected chi connectivity index (χ3v) is 4.14. The zero-order valence-electron chi connectivity index (χ0n) is 10.6. The Morgan fingerprint density at radius 1 is 1.05 bits per heavy atom. The molecular formula is C15H11Cl3F2. The predicted molar refractivity (Wildman–Crippen MR) is 79.9 cm³/mol. The van der Waals surface area contributed by atoms with E-state index in [-0.39, 0.29) is 12.0 Å². The van der Waals surface area contributed by atoms with E-state index in [1.807, 2.05) is 0 Å². The lowest BCUT2D eigenvalue weighted by Gasteiger charge is -2.14. The second kappa shape index (κ2) is 6.30. The van der Waals surface area contributed by atoms with Crippen molar-refractivity contribution in [3.63, 3.8) is 0 Å². The zero-order chi connectivity index (χ0) is 14.9. The van der Waals surface area contributed by atoms with Crippen molar-refractivity contribution >= 4 is 34.8 Å². The van der Waals surface area contributed by atoms with Crippen molar-refractivity contribution in [3.05, 3.63) is 68.7 Å². The van der Waals surface area contributed by atoms with Gasteiger partial charge in [0.1, 0.15) is 11.6 Å². The maximum Gasteiger partial charge on any atom is 0.133 e. The summed E-state index contributed by atoms with van der Waals surface area (Å²) in [5.74, 6) is -1.25. The molecule has 0 bridgehead atoms. The van der Waals surface area contributed by atoms with Crippen LogP contribution in [-0.4, -0.2) is 0 Å². The van der Waals surface area contributed by atoms with Gasteiger partial charge in [0, 0.05) is 5.56 Å². The smallest absolute Gasteiger partial charge is 0.133 e. The van der Waals surface area contributed by atoms with Gasteiger partial charge < -0.3 is 0 Å². The van der Waals surface area contributed by atoms with Gasteiger partial charge in [-0.2, -0.15) is 0 Å². The number of hydrogen-bond acceptors (Lipinski definition) is 0. The molecule has 1 atom stereocenters. The minimum absolute atomic E-state index is 0.113. The first kappa shape index (κ1) is 15.6. The molecule has 0 nitrogen and oxygen atoms in total. The average Bonchev–Trinajstić information content (AvgIpc) is 2.39. The SMILES string of the molecule is Cc1ccc(F)c(C(Cl)Cc2ccc(Cl)c(Cl)c2)c1F. The Kier molecular flexibility index (Phi) is 4.90. The quantitative estimate of drug-likeness (QED) is 0.594. The van der Waals surface area contributed by atoms with Gasteiger partial charge in [0.2, 0.25) is 0 Å². The van der Waals surface area contributed by atoms with Crippen LogP contribution in [0.4, 0.5) is 8.78 Å². The summed E-state index contributed by atoms with van der Waals surface area (Å²) in [6, 6.07) is 7.61. The largest absolute Gasteiger partial charge is 0.207 e. The molecular weight excluding hydrogens is 325 g/mol. The fourth-order valence-corrected chi connectivity index (χ4v) is 2.64.